The monoisotopic (exact) mass is 190 g/mol. The van der Waals surface area contributed by atoms with Gasteiger partial charge in [0.15, 0.2) is 0 Å². The Morgan fingerprint density at radius 2 is 2.15 bits per heavy atom. The first-order chi connectivity index (χ1) is 6.06. The first kappa shape index (κ1) is 12.1. The average Bonchev–Trinajstić information content (AvgIpc) is 2.05. The summed E-state index contributed by atoms with van der Waals surface area (Å²) in [5.74, 6) is -2.84. The molecule has 0 heterocycles. The number of hydrogen-bond acceptors (Lipinski definition) is 4. The van der Waals surface area contributed by atoms with Crippen LogP contribution in [-0.4, -0.2) is 36.4 Å². The van der Waals surface area contributed by atoms with Crippen LogP contribution in [0.4, 0.5) is 0 Å². The maximum Gasteiger partial charge on any atom is 0.364 e. The number of carboxylic acid groups (broad SMARTS) is 1. The SMILES string of the molecule is CCOC(C)(OCCC=O)C(=O)O. The fourth-order valence-electron chi connectivity index (χ4n) is 0.742. The van der Waals surface area contributed by atoms with E-state index in [9.17, 15) is 9.59 Å². The first-order valence-electron chi connectivity index (χ1n) is 4.01. The Bertz CT molecular complexity index is 179. The van der Waals surface area contributed by atoms with Crippen molar-refractivity contribution in [1.29, 1.82) is 0 Å². The van der Waals surface area contributed by atoms with Crippen molar-refractivity contribution in [3.8, 4) is 0 Å². The zero-order chi connectivity index (χ0) is 10.3. The van der Waals surface area contributed by atoms with Crippen molar-refractivity contribution >= 4 is 12.3 Å². The summed E-state index contributed by atoms with van der Waals surface area (Å²) in [5.41, 5.74) is 0. The third-order valence-corrected chi connectivity index (χ3v) is 1.42. The van der Waals surface area contributed by atoms with Crippen molar-refractivity contribution in [1.82, 2.24) is 0 Å². The molecule has 0 radical (unpaired) electrons. The number of carboxylic acids is 1. The van der Waals surface area contributed by atoms with E-state index in [4.69, 9.17) is 14.6 Å². The molecule has 0 aromatic carbocycles. The molecule has 0 aliphatic carbocycles. The number of aliphatic carboxylic acids is 1. The summed E-state index contributed by atoms with van der Waals surface area (Å²) < 4.78 is 9.82. The molecule has 0 rings (SSSR count). The molecule has 0 amide bonds. The normalized spacial score (nSPS) is 14.9. The van der Waals surface area contributed by atoms with E-state index in [1.807, 2.05) is 0 Å². The molecule has 76 valence electrons. The summed E-state index contributed by atoms with van der Waals surface area (Å²) in [4.78, 5) is 20.6. The zero-order valence-electron chi connectivity index (χ0n) is 7.78. The Morgan fingerprint density at radius 3 is 2.54 bits per heavy atom. The Hall–Kier alpha value is -0.940. The standard InChI is InChI=1S/C8H14O5/c1-3-12-8(2,7(10)11)13-6-4-5-9/h5H,3-4,6H2,1-2H3,(H,10,11). The number of carbonyl (C=O) groups excluding carboxylic acids is 1. The lowest BCUT2D eigenvalue weighted by atomic mass is 10.3. The van der Waals surface area contributed by atoms with Crippen LogP contribution in [-0.2, 0) is 19.1 Å². The van der Waals surface area contributed by atoms with Crippen LogP contribution in [0.25, 0.3) is 0 Å². The first-order valence-corrected chi connectivity index (χ1v) is 4.01. The van der Waals surface area contributed by atoms with Gasteiger partial charge in [-0.05, 0) is 6.92 Å². The lowest BCUT2D eigenvalue weighted by molar-refractivity contribution is -0.234. The Labute approximate surface area is 76.6 Å². The van der Waals surface area contributed by atoms with Crippen LogP contribution in [0.1, 0.15) is 20.3 Å². The van der Waals surface area contributed by atoms with E-state index < -0.39 is 11.8 Å². The molecule has 0 spiro atoms. The third-order valence-electron chi connectivity index (χ3n) is 1.42. The molecule has 0 bridgehead atoms. The van der Waals surface area contributed by atoms with Gasteiger partial charge in [0.05, 0.1) is 6.61 Å². The molecule has 0 aromatic rings. The highest BCUT2D eigenvalue weighted by Crippen LogP contribution is 2.12. The third kappa shape index (κ3) is 4.00. The van der Waals surface area contributed by atoms with Crippen LogP contribution in [0.5, 0.6) is 0 Å². The number of hydrogen-bond donors (Lipinski definition) is 1. The molecule has 0 aromatic heterocycles. The van der Waals surface area contributed by atoms with E-state index in [1.165, 1.54) is 6.92 Å². The van der Waals surface area contributed by atoms with Gasteiger partial charge < -0.3 is 19.4 Å². The van der Waals surface area contributed by atoms with Crippen LogP contribution in [0, 0.1) is 0 Å². The molecule has 0 saturated heterocycles. The minimum atomic E-state index is -1.64. The molecular formula is C8H14O5. The van der Waals surface area contributed by atoms with Crippen molar-refractivity contribution < 1.29 is 24.2 Å². The molecule has 0 aliphatic rings. The van der Waals surface area contributed by atoms with Gasteiger partial charge in [0.1, 0.15) is 6.29 Å². The second-order valence-corrected chi connectivity index (χ2v) is 2.49. The number of rotatable bonds is 7. The summed E-state index contributed by atoms with van der Waals surface area (Å²) in [6, 6.07) is 0. The molecule has 1 atom stereocenters. The van der Waals surface area contributed by atoms with E-state index in [0.29, 0.717) is 6.29 Å². The molecule has 1 unspecified atom stereocenters. The van der Waals surface area contributed by atoms with E-state index in [1.54, 1.807) is 6.92 Å². The summed E-state index contributed by atoms with van der Waals surface area (Å²) in [6.07, 6.45) is 0.824. The number of carbonyl (C=O) groups is 2. The number of aldehydes is 1. The van der Waals surface area contributed by atoms with Crippen molar-refractivity contribution in [2.45, 2.75) is 26.1 Å². The second kappa shape index (κ2) is 5.66. The summed E-state index contributed by atoms with van der Waals surface area (Å²) >= 11 is 0. The van der Waals surface area contributed by atoms with Gasteiger partial charge in [-0.25, -0.2) is 4.79 Å². The summed E-state index contributed by atoms with van der Waals surface area (Å²) in [5, 5.41) is 8.72. The summed E-state index contributed by atoms with van der Waals surface area (Å²) in [7, 11) is 0. The molecule has 0 fully saturated rings. The van der Waals surface area contributed by atoms with Gasteiger partial charge in [-0.1, -0.05) is 0 Å². The van der Waals surface area contributed by atoms with Crippen molar-refractivity contribution in [2.24, 2.45) is 0 Å². The van der Waals surface area contributed by atoms with E-state index in [2.05, 4.69) is 0 Å². The van der Waals surface area contributed by atoms with E-state index in [0.717, 1.165) is 0 Å². The quantitative estimate of drug-likeness (QED) is 0.358. The maximum absolute atomic E-state index is 10.7. The molecule has 5 nitrogen and oxygen atoms in total. The van der Waals surface area contributed by atoms with Crippen LogP contribution in [0.15, 0.2) is 0 Å². The lowest BCUT2D eigenvalue weighted by Crippen LogP contribution is -2.41. The highest BCUT2D eigenvalue weighted by Gasteiger charge is 2.34. The largest absolute Gasteiger partial charge is 0.477 e. The van der Waals surface area contributed by atoms with Crippen LogP contribution >= 0.6 is 0 Å². The van der Waals surface area contributed by atoms with Gasteiger partial charge in [0, 0.05) is 20.0 Å². The van der Waals surface area contributed by atoms with Gasteiger partial charge in [-0.3, -0.25) is 0 Å². The highest BCUT2D eigenvalue weighted by atomic mass is 16.7. The zero-order valence-corrected chi connectivity index (χ0v) is 7.78. The molecule has 13 heavy (non-hydrogen) atoms. The fourth-order valence-corrected chi connectivity index (χ4v) is 0.742. The second-order valence-electron chi connectivity index (χ2n) is 2.49. The maximum atomic E-state index is 10.7. The average molecular weight is 190 g/mol. The van der Waals surface area contributed by atoms with Gasteiger partial charge >= 0.3 is 5.97 Å². The summed E-state index contributed by atoms with van der Waals surface area (Å²) in [6.45, 7) is 3.27. The van der Waals surface area contributed by atoms with E-state index >= 15 is 0 Å². The lowest BCUT2D eigenvalue weighted by Gasteiger charge is -2.24. The minimum absolute atomic E-state index is 0.0479. The van der Waals surface area contributed by atoms with Crippen molar-refractivity contribution in [2.75, 3.05) is 13.2 Å². The predicted octanol–water partition coefficient (Wildman–Crippen LogP) is 0.429. The van der Waals surface area contributed by atoms with E-state index in [-0.39, 0.29) is 19.6 Å². The molecule has 5 heteroatoms. The van der Waals surface area contributed by atoms with Crippen molar-refractivity contribution in [3.63, 3.8) is 0 Å². The van der Waals surface area contributed by atoms with Crippen LogP contribution < -0.4 is 0 Å². The molecule has 0 saturated carbocycles. The minimum Gasteiger partial charge on any atom is -0.477 e. The van der Waals surface area contributed by atoms with Crippen molar-refractivity contribution in [3.05, 3.63) is 0 Å². The Morgan fingerprint density at radius 1 is 1.54 bits per heavy atom. The fraction of sp³-hybridized carbons (Fsp3) is 0.750. The smallest absolute Gasteiger partial charge is 0.364 e. The molecule has 0 aliphatic heterocycles. The topological polar surface area (TPSA) is 72.8 Å². The molecule has 1 N–H and O–H groups in total. The Kier molecular flexibility index (Phi) is 5.25. The van der Waals surface area contributed by atoms with Gasteiger partial charge in [-0.15, -0.1) is 0 Å². The van der Waals surface area contributed by atoms with Crippen LogP contribution in [0.3, 0.4) is 0 Å². The molecular weight excluding hydrogens is 176 g/mol. The highest BCUT2D eigenvalue weighted by molar-refractivity contribution is 5.75. The van der Waals surface area contributed by atoms with Gasteiger partial charge in [0.25, 0.3) is 5.79 Å². The van der Waals surface area contributed by atoms with Gasteiger partial charge in [0.2, 0.25) is 0 Å². The van der Waals surface area contributed by atoms with Gasteiger partial charge in [-0.2, -0.15) is 0 Å². The number of ether oxygens (including phenoxy) is 2. The Balaban J connectivity index is 4.07. The van der Waals surface area contributed by atoms with Crippen LogP contribution in [0.2, 0.25) is 0 Å². The predicted molar refractivity (Wildman–Crippen MR) is 44.3 cm³/mol.